The summed E-state index contributed by atoms with van der Waals surface area (Å²) in [6.07, 6.45) is 0. The van der Waals surface area contributed by atoms with Crippen molar-refractivity contribution in [3.8, 4) is 0 Å². The minimum absolute atomic E-state index is 0. The number of rotatable bonds is 0. The molecule has 0 bridgehead atoms. The Morgan fingerprint density at radius 3 is 0.500 bits per heavy atom. The molecular formula is BiCl3O6. The second-order valence-electron chi connectivity index (χ2n) is 0.189. The number of hydrogen-bond acceptors (Lipinski definition) is 6. The van der Waals surface area contributed by atoms with Crippen molar-refractivity contribution in [1.29, 1.82) is 0 Å². The summed E-state index contributed by atoms with van der Waals surface area (Å²) in [6.45, 7) is 0. The minimum Gasteiger partial charge on any atom is -0.544 e. The molecule has 0 atom stereocenters. The maximum absolute atomic E-state index is 8.24. The van der Waals surface area contributed by atoms with E-state index in [1.165, 1.54) is 0 Å². The number of hydrogen-bond donors (Lipinski definition) is 0. The average Bonchev–Trinajstić information content (AvgIpc) is 1.70. The molecule has 0 aromatic rings. The summed E-state index contributed by atoms with van der Waals surface area (Å²) in [6, 6.07) is 0. The van der Waals surface area contributed by atoms with Crippen molar-refractivity contribution in [2.45, 2.75) is 0 Å². The first-order valence-electron chi connectivity index (χ1n) is 0.926. The zero-order valence-corrected chi connectivity index (χ0v) is 9.78. The van der Waals surface area contributed by atoms with E-state index in [0.717, 1.165) is 0 Å². The molecule has 0 fully saturated rings. The van der Waals surface area contributed by atoms with Gasteiger partial charge >= 0.3 is 26.2 Å². The normalized spacial score (nSPS) is 5.40. The monoisotopic (exact) mass is 410 g/mol. The maximum Gasteiger partial charge on any atom is 3.00 e. The van der Waals surface area contributed by atoms with Gasteiger partial charge in [0.05, 0.1) is 34.0 Å². The largest absolute Gasteiger partial charge is 3.00 e. The first-order chi connectivity index (χ1) is 4.24. The Balaban J connectivity index is -0.0000000257. The molecular weight excluding hydrogens is 411 g/mol. The van der Waals surface area contributed by atoms with E-state index in [9.17, 15) is 0 Å². The second kappa shape index (κ2) is 46.7. The molecule has 0 aliphatic heterocycles. The van der Waals surface area contributed by atoms with E-state index >= 15 is 0 Å². The van der Waals surface area contributed by atoms with Gasteiger partial charge in [0.1, 0.15) is 0 Å². The second-order valence-corrected chi connectivity index (χ2v) is 0.567. The van der Waals surface area contributed by atoms with Crippen LogP contribution in [0.25, 0.3) is 0 Å². The molecule has 0 amide bonds. The van der Waals surface area contributed by atoms with Crippen LogP contribution in [0, 0.1) is 34.0 Å². The van der Waals surface area contributed by atoms with E-state index in [-0.39, 0.29) is 26.2 Å². The zero-order chi connectivity index (χ0) is 8.12. The molecule has 0 N–H and O–H groups in total. The SMILES string of the molecule is [Bi+3].[O-][Cl+][O-].[O-][Cl+][O-].[O-][Cl+][O-]. The first-order valence-corrected chi connectivity index (χ1v) is 2.78. The topological polar surface area (TPSA) is 138 Å². The predicted octanol–water partition coefficient (Wildman–Crippen LogP) is -7.51. The quantitative estimate of drug-likeness (QED) is 0.363. The standard InChI is InChI=1S/Bi.3ClO2/c;3*2-1-3/q+3;3*-1. The Hall–Kier alpha value is 1.51. The molecule has 0 unspecified atom stereocenters. The molecule has 10 heavy (non-hydrogen) atoms. The van der Waals surface area contributed by atoms with Crippen molar-refractivity contribution in [3.05, 3.63) is 0 Å². The Morgan fingerprint density at radius 1 is 0.500 bits per heavy atom. The van der Waals surface area contributed by atoms with Crippen molar-refractivity contribution in [2.75, 3.05) is 0 Å². The molecule has 6 nitrogen and oxygen atoms in total. The van der Waals surface area contributed by atoms with Crippen molar-refractivity contribution < 1.29 is 61.9 Å². The molecule has 0 saturated carbocycles. The molecule has 0 aromatic carbocycles. The third-order valence-corrected chi connectivity index (χ3v) is 0. The Morgan fingerprint density at radius 2 is 0.500 bits per heavy atom. The molecule has 0 aliphatic carbocycles. The fourth-order valence-corrected chi connectivity index (χ4v) is 0. The Labute approximate surface area is 87.8 Å². The van der Waals surface area contributed by atoms with Crippen molar-refractivity contribution in [2.24, 2.45) is 0 Å². The smallest absolute Gasteiger partial charge is 0.544 e. The Bertz CT molecular complexity index is 17.7. The summed E-state index contributed by atoms with van der Waals surface area (Å²) in [5.74, 6) is 0. The van der Waals surface area contributed by atoms with E-state index < -0.39 is 34.0 Å². The fourth-order valence-electron chi connectivity index (χ4n) is 0. The molecule has 0 rings (SSSR count). The summed E-state index contributed by atoms with van der Waals surface area (Å²) < 4.78 is 49.4. The third-order valence-electron chi connectivity index (χ3n) is 0. The van der Waals surface area contributed by atoms with Gasteiger partial charge in [0, 0.05) is 0 Å². The van der Waals surface area contributed by atoms with Gasteiger partial charge in [-0.3, -0.25) is 0 Å². The van der Waals surface area contributed by atoms with Crippen LogP contribution in [-0.2, 0) is 0 Å². The summed E-state index contributed by atoms with van der Waals surface area (Å²) in [7, 11) is 0. The van der Waals surface area contributed by atoms with Gasteiger partial charge in [0.25, 0.3) is 0 Å². The summed E-state index contributed by atoms with van der Waals surface area (Å²) in [5, 5.41) is 0. The Kier molecular flexibility index (Phi) is 105. The molecule has 0 aliphatic rings. The van der Waals surface area contributed by atoms with Gasteiger partial charge < -0.3 is 28.0 Å². The average molecular weight is 411 g/mol. The molecule has 2 radical (unpaired) electrons. The molecule has 10 heteroatoms. The van der Waals surface area contributed by atoms with Crippen LogP contribution < -0.4 is 28.0 Å². The van der Waals surface area contributed by atoms with Crippen LogP contribution in [0.3, 0.4) is 0 Å². The minimum atomic E-state index is -0.417. The summed E-state index contributed by atoms with van der Waals surface area (Å²) in [5.41, 5.74) is 0. The van der Waals surface area contributed by atoms with Crippen LogP contribution in [0.15, 0.2) is 0 Å². The van der Waals surface area contributed by atoms with Crippen LogP contribution in [0.1, 0.15) is 0 Å². The van der Waals surface area contributed by atoms with Gasteiger partial charge in [-0.15, -0.1) is 0 Å². The molecule has 0 aromatic heterocycles. The first kappa shape index (κ1) is 22.5. The van der Waals surface area contributed by atoms with E-state index in [1.807, 2.05) is 0 Å². The zero-order valence-electron chi connectivity index (χ0n) is 4.03. The van der Waals surface area contributed by atoms with Crippen molar-refractivity contribution in [1.82, 2.24) is 0 Å². The summed E-state index contributed by atoms with van der Waals surface area (Å²) >= 11 is -1.25. The molecule has 0 saturated heterocycles. The molecule has 0 spiro atoms. The van der Waals surface area contributed by atoms with Crippen LogP contribution >= 0.6 is 0 Å². The van der Waals surface area contributed by atoms with Gasteiger partial charge in [-0.1, -0.05) is 0 Å². The van der Waals surface area contributed by atoms with E-state index in [0.29, 0.717) is 0 Å². The van der Waals surface area contributed by atoms with Crippen LogP contribution in [0.4, 0.5) is 0 Å². The van der Waals surface area contributed by atoms with Gasteiger partial charge in [-0.05, 0) is 0 Å². The van der Waals surface area contributed by atoms with Gasteiger partial charge in [-0.25, -0.2) is 0 Å². The van der Waals surface area contributed by atoms with E-state index in [2.05, 4.69) is 0 Å². The molecule has 62 valence electrons. The van der Waals surface area contributed by atoms with Crippen LogP contribution in [0.2, 0.25) is 0 Å². The van der Waals surface area contributed by atoms with Crippen molar-refractivity contribution >= 4 is 26.2 Å². The van der Waals surface area contributed by atoms with Gasteiger partial charge in [0.15, 0.2) is 0 Å². The third kappa shape index (κ3) is 301. The summed E-state index contributed by atoms with van der Waals surface area (Å²) in [4.78, 5) is 0. The molecule has 0 heterocycles. The number of halogens is 3. The van der Waals surface area contributed by atoms with Crippen molar-refractivity contribution in [3.63, 3.8) is 0 Å². The van der Waals surface area contributed by atoms with E-state index in [4.69, 9.17) is 28.0 Å². The van der Waals surface area contributed by atoms with Gasteiger partial charge in [-0.2, -0.15) is 0 Å². The maximum atomic E-state index is 8.24. The fraction of sp³-hybridized carbons (Fsp3) is 0. The predicted molar refractivity (Wildman–Crippen MR) is 5.75 cm³/mol. The van der Waals surface area contributed by atoms with Crippen LogP contribution in [-0.4, -0.2) is 26.2 Å². The van der Waals surface area contributed by atoms with Gasteiger partial charge in [0.2, 0.25) is 0 Å². The van der Waals surface area contributed by atoms with E-state index in [1.54, 1.807) is 0 Å². The van der Waals surface area contributed by atoms with Crippen LogP contribution in [0.5, 0.6) is 0 Å².